The fourth-order valence-corrected chi connectivity index (χ4v) is 0.985. The fraction of sp³-hybridized carbons (Fsp3) is 0.444. The number of rotatable bonds is 4. The lowest BCUT2D eigenvalue weighted by Gasteiger charge is -2.04. The van der Waals surface area contributed by atoms with Crippen LogP contribution in [0.2, 0.25) is 0 Å². The van der Waals surface area contributed by atoms with Gasteiger partial charge in [-0.05, 0) is 12.5 Å². The largest absolute Gasteiger partial charge is 0.493 e. The van der Waals surface area contributed by atoms with E-state index < -0.39 is 0 Å². The molecule has 66 valence electrons. The predicted octanol–water partition coefficient (Wildman–Crippen LogP) is 2.61. The first-order chi connectivity index (χ1) is 5.86. The molecule has 0 bridgehead atoms. The van der Waals surface area contributed by atoms with Crippen molar-refractivity contribution in [2.75, 3.05) is 6.61 Å². The molecule has 0 spiro atoms. The van der Waals surface area contributed by atoms with Crippen LogP contribution >= 0.6 is 11.6 Å². The minimum atomic E-state index is 0.434. The molecular formula is C9H12ClNO. The third-order valence-electron chi connectivity index (χ3n) is 1.40. The van der Waals surface area contributed by atoms with Crippen molar-refractivity contribution >= 4 is 11.6 Å². The molecule has 0 aliphatic carbocycles. The van der Waals surface area contributed by atoms with Crippen molar-refractivity contribution in [2.24, 2.45) is 0 Å². The number of hydrogen-bond acceptors (Lipinski definition) is 2. The minimum absolute atomic E-state index is 0.434. The van der Waals surface area contributed by atoms with Crippen molar-refractivity contribution in [2.45, 2.75) is 19.2 Å². The first-order valence-electron chi connectivity index (χ1n) is 4.00. The van der Waals surface area contributed by atoms with Gasteiger partial charge in [0.2, 0.25) is 0 Å². The molecule has 0 atom stereocenters. The normalized spacial score (nSPS) is 9.83. The number of hydrogen-bond donors (Lipinski definition) is 0. The van der Waals surface area contributed by atoms with Crippen LogP contribution in [0.25, 0.3) is 0 Å². The maximum atomic E-state index is 5.61. The Morgan fingerprint density at radius 3 is 3.08 bits per heavy atom. The van der Waals surface area contributed by atoms with Gasteiger partial charge in [0.05, 0.1) is 18.2 Å². The summed E-state index contributed by atoms with van der Waals surface area (Å²) < 4.78 is 5.40. The summed E-state index contributed by atoms with van der Waals surface area (Å²) in [4.78, 5) is 4.05. The third kappa shape index (κ3) is 2.70. The van der Waals surface area contributed by atoms with Gasteiger partial charge in [-0.15, -0.1) is 11.6 Å². The van der Waals surface area contributed by atoms with Crippen molar-refractivity contribution < 1.29 is 4.74 Å². The van der Waals surface area contributed by atoms with Crippen molar-refractivity contribution in [1.29, 1.82) is 0 Å². The van der Waals surface area contributed by atoms with Crippen LogP contribution in [0, 0.1) is 0 Å². The quantitative estimate of drug-likeness (QED) is 0.673. The Labute approximate surface area is 77.5 Å². The van der Waals surface area contributed by atoms with Crippen LogP contribution in [0.3, 0.4) is 0 Å². The van der Waals surface area contributed by atoms with Crippen molar-refractivity contribution in [1.82, 2.24) is 4.98 Å². The lowest BCUT2D eigenvalue weighted by Crippen LogP contribution is -1.96. The molecule has 3 heteroatoms. The number of pyridine rings is 1. The van der Waals surface area contributed by atoms with Gasteiger partial charge in [-0.1, -0.05) is 6.92 Å². The number of aromatic nitrogens is 1. The SMILES string of the molecule is CCCOc1ccnc(CCl)c1. The van der Waals surface area contributed by atoms with Gasteiger partial charge >= 0.3 is 0 Å². The molecule has 12 heavy (non-hydrogen) atoms. The van der Waals surface area contributed by atoms with Gasteiger partial charge in [-0.25, -0.2) is 0 Å². The fourth-order valence-electron chi connectivity index (χ4n) is 0.839. The Hall–Kier alpha value is -0.760. The Balaban J connectivity index is 2.60. The smallest absolute Gasteiger partial charge is 0.122 e. The van der Waals surface area contributed by atoms with E-state index in [0.717, 1.165) is 24.5 Å². The molecule has 1 aromatic heterocycles. The minimum Gasteiger partial charge on any atom is -0.493 e. The number of alkyl halides is 1. The van der Waals surface area contributed by atoms with E-state index in [9.17, 15) is 0 Å². The summed E-state index contributed by atoms with van der Waals surface area (Å²) in [6, 6.07) is 3.70. The molecule has 0 unspecified atom stereocenters. The molecule has 0 radical (unpaired) electrons. The van der Waals surface area contributed by atoms with Crippen LogP contribution < -0.4 is 4.74 Å². The van der Waals surface area contributed by atoms with Crippen LogP contribution in [0.4, 0.5) is 0 Å². The van der Waals surface area contributed by atoms with Crippen molar-refractivity contribution in [3.8, 4) is 5.75 Å². The summed E-state index contributed by atoms with van der Waals surface area (Å²) in [5.74, 6) is 1.28. The maximum absolute atomic E-state index is 5.61. The Morgan fingerprint density at radius 1 is 1.58 bits per heavy atom. The summed E-state index contributed by atoms with van der Waals surface area (Å²) in [5, 5.41) is 0. The summed E-state index contributed by atoms with van der Waals surface area (Å²) in [7, 11) is 0. The zero-order chi connectivity index (χ0) is 8.81. The van der Waals surface area contributed by atoms with E-state index in [4.69, 9.17) is 16.3 Å². The van der Waals surface area contributed by atoms with Gasteiger partial charge < -0.3 is 4.74 Å². The topological polar surface area (TPSA) is 22.1 Å². The molecule has 0 saturated carbocycles. The molecule has 0 fully saturated rings. The van der Waals surface area contributed by atoms with Crippen LogP contribution in [0.15, 0.2) is 18.3 Å². The van der Waals surface area contributed by atoms with E-state index in [1.807, 2.05) is 12.1 Å². The number of nitrogens with zero attached hydrogens (tertiary/aromatic N) is 1. The lowest BCUT2D eigenvalue weighted by atomic mass is 10.3. The Bertz CT molecular complexity index is 240. The van der Waals surface area contributed by atoms with Gasteiger partial charge in [-0.3, -0.25) is 4.98 Å². The average molecular weight is 186 g/mol. The van der Waals surface area contributed by atoms with Gasteiger partial charge in [0.25, 0.3) is 0 Å². The second-order valence-corrected chi connectivity index (χ2v) is 2.73. The summed E-state index contributed by atoms with van der Waals surface area (Å²) in [6.45, 7) is 2.81. The van der Waals surface area contributed by atoms with E-state index in [0.29, 0.717) is 5.88 Å². The van der Waals surface area contributed by atoms with E-state index >= 15 is 0 Å². The molecule has 0 N–H and O–H groups in total. The highest BCUT2D eigenvalue weighted by molar-refractivity contribution is 6.16. The lowest BCUT2D eigenvalue weighted by molar-refractivity contribution is 0.317. The van der Waals surface area contributed by atoms with E-state index in [2.05, 4.69) is 11.9 Å². The molecule has 0 amide bonds. The van der Waals surface area contributed by atoms with E-state index in [-0.39, 0.29) is 0 Å². The summed E-state index contributed by atoms with van der Waals surface area (Å²) >= 11 is 5.61. The monoisotopic (exact) mass is 185 g/mol. The highest BCUT2D eigenvalue weighted by Crippen LogP contribution is 2.12. The summed E-state index contributed by atoms with van der Waals surface area (Å²) in [6.07, 6.45) is 2.72. The van der Waals surface area contributed by atoms with Crippen molar-refractivity contribution in [3.05, 3.63) is 24.0 Å². The van der Waals surface area contributed by atoms with Crippen molar-refractivity contribution in [3.63, 3.8) is 0 Å². The zero-order valence-corrected chi connectivity index (χ0v) is 7.84. The van der Waals surface area contributed by atoms with Gasteiger partial charge in [-0.2, -0.15) is 0 Å². The van der Waals surface area contributed by atoms with Crippen LogP contribution in [-0.4, -0.2) is 11.6 Å². The molecule has 0 aliphatic rings. The Morgan fingerprint density at radius 2 is 2.42 bits per heavy atom. The van der Waals surface area contributed by atoms with Crippen LogP contribution in [0.5, 0.6) is 5.75 Å². The average Bonchev–Trinajstić information content (AvgIpc) is 2.15. The summed E-state index contributed by atoms with van der Waals surface area (Å²) in [5.41, 5.74) is 0.852. The second kappa shape index (κ2) is 4.99. The molecule has 1 aromatic rings. The highest BCUT2D eigenvalue weighted by atomic mass is 35.5. The molecule has 0 saturated heterocycles. The predicted molar refractivity (Wildman–Crippen MR) is 49.6 cm³/mol. The molecule has 2 nitrogen and oxygen atoms in total. The molecule has 0 aliphatic heterocycles. The first-order valence-corrected chi connectivity index (χ1v) is 4.54. The van der Waals surface area contributed by atoms with Gasteiger partial charge in [0.1, 0.15) is 5.75 Å². The Kier molecular flexibility index (Phi) is 3.88. The molecular weight excluding hydrogens is 174 g/mol. The molecule has 1 heterocycles. The maximum Gasteiger partial charge on any atom is 0.122 e. The number of halogens is 1. The standard InChI is InChI=1S/C9H12ClNO/c1-2-5-12-9-3-4-11-8(6-9)7-10/h3-4,6H,2,5,7H2,1H3. The number of ether oxygens (including phenoxy) is 1. The van der Waals surface area contributed by atoms with E-state index in [1.165, 1.54) is 0 Å². The van der Waals surface area contributed by atoms with E-state index in [1.54, 1.807) is 6.20 Å². The molecule has 0 aromatic carbocycles. The van der Waals surface area contributed by atoms with Gasteiger partial charge in [0.15, 0.2) is 0 Å². The van der Waals surface area contributed by atoms with Crippen LogP contribution in [0.1, 0.15) is 19.0 Å². The third-order valence-corrected chi connectivity index (χ3v) is 1.67. The highest BCUT2D eigenvalue weighted by Gasteiger charge is 1.95. The first kappa shape index (κ1) is 9.33. The van der Waals surface area contributed by atoms with Crippen LogP contribution in [-0.2, 0) is 5.88 Å². The molecule has 1 rings (SSSR count). The zero-order valence-electron chi connectivity index (χ0n) is 7.09. The second-order valence-electron chi connectivity index (χ2n) is 2.46. The van der Waals surface area contributed by atoms with Gasteiger partial charge in [0, 0.05) is 12.3 Å².